The van der Waals surface area contributed by atoms with Gasteiger partial charge in [-0.05, 0) is 42.9 Å². The molecule has 0 radical (unpaired) electrons. The molecule has 0 nitrogen and oxygen atoms in total. The van der Waals surface area contributed by atoms with Crippen molar-refractivity contribution in [1.29, 1.82) is 0 Å². The number of hydrogen-bond acceptors (Lipinski definition) is 0. The number of alkyl halides is 1. The lowest BCUT2D eigenvalue weighted by molar-refractivity contribution is 0.475. The molecule has 1 fully saturated rings. The SMILES string of the molecule is Fc1ccc(CC2CCCCCC2Br)c(Cl)c1. The molecule has 2 atom stereocenters. The van der Waals surface area contributed by atoms with Crippen molar-refractivity contribution >= 4 is 27.5 Å². The highest BCUT2D eigenvalue weighted by Gasteiger charge is 2.22. The van der Waals surface area contributed by atoms with E-state index in [1.807, 2.05) is 6.07 Å². The minimum Gasteiger partial charge on any atom is -0.207 e. The van der Waals surface area contributed by atoms with Crippen LogP contribution in [-0.4, -0.2) is 4.83 Å². The summed E-state index contributed by atoms with van der Waals surface area (Å²) in [7, 11) is 0. The van der Waals surface area contributed by atoms with Gasteiger partial charge >= 0.3 is 0 Å². The van der Waals surface area contributed by atoms with Crippen LogP contribution in [0.15, 0.2) is 18.2 Å². The van der Waals surface area contributed by atoms with E-state index in [1.54, 1.807) is 0 Å². The molecular weight excluding hydrogens is 303 g/mol. The van der Waals surface area contributed by atoms with E-state index in [1.165, 1.54) is 44.2 Å². The van der Waals surface area contributed by atoms with Crippen molar-refractivity contribution in [3.05, 3.63) is 34.6 Å². The van der Waals surface area contributed by atoms with Crippen LogP contribution in [0.25, 0.3) is 0 Å². The van der Waals surface area contributed by atoms with E-state index >= 15 is 0 Å². The molecule has 1 saturated carbocycles. The first-order valence-electron chi connectivity index (χ1n) is 6.25. The van der Waals surface area contributed by atoms with Crippen LogP contribution in [0.5, 0.6) is 0 Å². The van der Waals surface area contributed by atoms with Crippen molar-refractivity contribution in [2.24, 2.45) is 5.92 Å². The van der Waals surface area contributed by atoms with Crippen molar-refractivity contribution < 1.29 is 4.39 Å². The summed E-state index contributed by atoms with van der Waals surface area (Å²) >= 11 is 9.87. The van der Waals surface area contributed by atoms with E-state index in [2.05, 4.69) is 15.9 Å². The Bertz CT molecular complexity index is 380. The van der Waals surface area contributed by atoms with Crippen LogP contribution in [0.4, 0.5) is 4.39 Å². The average molecular weight is 320 g/mol. The summed E-state index contributed by atoms with van der Waals surface area (Å²) < 4.78 is 13.0. The Balaban J connectivity index is 2.08. The maximum Gasteiger partial charge on any atom is 0.124 e. The topological polar surface area (TPSA) is 0 Å². The van der Waals surface area contributed by atoms with Gasteiger partial charge in [-0.3, -0.25) is 0 Å². The minimum atomic E-state index is -0.255. The Kier molecular flexibility index (Phi) is 4.87. The van der Waals surface area contributed by atoms with Crippen LogP contribution in [-0.2, 0) is 6.42 Å². The van der Waals surface area contributed by atoms with E-state index in [0.29, 0.717) is 15.8 Å². The molecule has 0 N–H and O–H groups in total. The van der Waals surface area contributed by atoms with E-state index in [-0.39, 0.29) is 5.82 Å². The zero-order valence-electron chi connectivity index (χ0n) is 9.76. The molecule has 0 aliphatic heterocycles. The zero-order chi connectivity index (χ0) is 12.3. The molecular formula is C14H17BrClF. The van der Waals surface area contributed by atoms with E-state index in [4.69, 9.17) is 11.6 Å². The lowest BCUT2D eigenvalue weighted by Gasteiger charge is -2.20. The highest BCUT2D eigenvalue weighted by Crippen LogP contribution is 2.32. The predicted molar refractivity (Wildman–Crippen MR) is 74.4 cm³/mol. The van der Waals surface area contributed by atoms with E-state index < -0.39 is 0 Å². The van der Waals surface area contributed by atoms with Gasteiger partial charge in [0.1, 0.15) is 5.82 Å². The summed E-state index contributed by atoms with van der Waals surface area (Å²) in [6, 6.07) is 4.74. The number of rotatable bonds is 2. The molecule has 94 valence electrons. The zero-order valence-corrected chi connectivity index (χ0v) is 12.1. The molecule has 0 heterocycles. The Labute approximate surface area is 116 Å². The minimum absolute atomic E-state index is 0.255. The number of halogens is 3. The van der Waals surface area contributed by atoms with Gasteiger partial charge in [0.25, 0.3) is 0 Å². The van der Waals surface area contributed by atoms with E-state index in [0.717, 1.165) is 12.0 Å². The molecule has 3 heteroatoms. The van der Waals surface area contributed by atoms with Gasteiger partial charge in [-0.1, -0.05) is 52.9 Å². The van der Waals surface area contributed by atoms with Crippen molar-refractivity contribution in [3.63, 3.8) is 0 Å². The Morgan fingerprint density at radius 1 is 1.24 bits per heavy atom. The summed E-state index contributed by atoms with van der Waals surface area (Å²) in [6.07, 6.45) is 7.37. The smallest absolute Gasteiger partial charge is 0.124 e. The molecule has 0 saturated heterocycles. The van der Waals surface area contributed by atoms with Gasteiger partial charge < -0.3 is 0 Å². The van der Waals surface area contributed by atoms with Crippen LogP contribution in [0.2, 0.25) is 5.02 Å². The fourth-order valence-electron chi connectivity index (χ4n) is 2.54. The summed E-state index contributed by atoms with van der Waals surface area (Å²) in [5.74, 6) is 0.371. The predicted octanol–water partition coefficient (Wildman–Crippen LogP) is 5.37. The number of benzene rings is 1. The van der Waals surface area contributed by atoms with Crippen molar-refractivity contribution in [2.45, 2.75) is 43.4 Å². The average Bonchev–Trinajstić information content (AvgIpc) is 2.48. The molecule has 0 bridgehead atoms. The summed E-state index contributed by atoms with van der Waals surface area (Å²) in [5.41, 5.74) is 1.07. The summed E-state index contributed by atoms with van der Waals surface area (Å²) in [5, 5.41) is 0.564. The Morgan fingerprint density at radius 3 is 2.76 bits per heavy atom. The molecule has 17 heavy (non-hydrogen) atoms. The van der Waals surface area contributed by atoms with Crippen molar-refractivity contribution in [2.75, 3.05) is 0 Å². The molecule has 1 aromatic carbocycles. The third-order valence-corrected chi connectivity index (χ3v) is 5.12. The molecule has 0 spiro atoms. The van der Waals surface area contributed by atoms with Gasteiger partial charge in [0.15, 0.2) is 0 Å². The second-order valence-electron chi connectivity index (χ2n) is 4.85. The first-order chi connectivity index (χ1) is 8.16. The fourth-order valence-corrected chi connectivity index (χ4v) is 3.56. The van der Waals surface area contributed by atoms with Crippen LogP contribution in [0, 0.1) is 11.7 Å². The van der Waals surface area contributed by atoms with Crippen LogP contribution in [0.1, 0.15) is 37.7 Å². The van der Waals surface area contributed by atoms with Gasteiger partial charge in [-0.15, -0.1) is 0 Å². The Hall–Kier alpha value is -0.0800. The monoisotopic (exact) mass is 318 g/mol. The molecule has 1 aliphatic rings. The highest BCUT2D eigenvalue weighted by atomic mass is 79.9. The molecule has 2 rings (SSSR count). The lowest BCUT2D eigenvalue weighted by Crippen LogP contribution is -2.15. The van der Waals surface area contributed by atoms with Crippen molar-refractivity contribution in [3.8, 4) is 0 Å². The summed E-state index contributed by atoms with van der Waals surface area (Å²) in [6.45, 7) is 0. The van der Waals surface area contributed by atoms with Gasteiger partial charge in [0, 0.05) is 9.85 Å². The lowest BCUT2D eigenvalue weighted by atomic mass is 9.92. The highest BCUT2D eigenvalue weighted by molar-refractivity contribution is 9.09. The van der Waals surface area contributed by atoms with Gasteiger partial charge in [-0.25, -0.2) is 4.39 Å². The summed E-state index contributed by atoms with van der Waals surface area (Å²) in [4.78, 5) is 0.575. The van der Waals surface area contributed by atoms with Crippen LogP contribution < -0.4 is 0 Å². The number of hydrogen-bond donors (Lipinski definition) is 0. The molecule has 0 amide bonds. The Morgan fingerprint density at radius 2 is 2.00 bits per heavy atom. The van der Waals surface area contributed by atoms with Crippen LogP contribution >= 0.6 is 27.5 Å². The normalized spacial score (nSPS) is 25.6. The molecule has 1 aliphatic carbocycles. The third-order valence-electron chi connectivity index (χ3n) is 3.56. The van der Waals surface area contributed by atoms with E-state index in [9.17, 15) is 4.39 Å². The second kappa shape index (κ2) is 6.19. The molecule has 1 aromatic rings. The van der Waals surface area contributed by atoms with Crippen LogP contribution in [0.3, 0.4) is 0 Å². The molecule has 0 aromatic heterocycles. The fraction of sp³-hybridized carbons (Fsp3) is 0.571. The van der Waals surface area contributed by atoms with Gasteiger partial charge in [0.2, 0.25) is 0 Å². The standard InChI is InChI=1S/C14H17BrClF/c15-13-5-3-1-2-4-10(13)8-11-6-7-12(17)9-14(11)16/h6-7,9-10,13H,1-5,8H2. The maximum atomic E-state index is 13.0. The largest absolute Gasteiger partial charge is 0.207 e. The first kappa shape index (κ1) is 13.4. The van der Waals surface area contributed by atoms with Gasteiger partial charge in [-0.2, -0.15) is 0 Å². The third kappa shape index (κ3) is 3.69. The van der Waals surface area contributed by atoms with Gasteiger partial charge in [0.05, 0.1) is 0 Å². The maximum absolute atomic E-state index is 13.0. The quantitative estimate of drug-likeness (QED) is 0.508. The second-order valence-corrected chi connectivity index (χ2v) is 6.44. The van der Waals surface area contributed by atoms with Crippen molar-refractivity contribution in [1.82, 2.24) is 0 Å². The molecule has 2 unspecified atom stereocenters. The first-order valence-corrected chi connectivity index (χ1v) is 7.54.